The maximum atomic E-state index is 11.5. The minimum absolute atomic E-state index is 0.225. The minimum atomic E-state index is -0.517. The van der Waals surface area contributed by atoms with Crippen LogP contribution in [-0.4, -0.2) is 23.9 Å². The number of hydrogen-bond donors (Lipinski definition) is 0. The lowest BCUT2D eigenvalue weighted by Crippen LogP contribution is -2.05. The quantitative estimate of drug-likeness (QED) is 0.292. The number of carbonyl (C=O) groups excluding carboxylic acids is 4. The maximum absolute atomic E-state index is 11.5. The zero-order valence-electron chi connectivity index (χ0n) is 21.0. The van der Waals surface area contributed by atoms with Crippen LogP contribution in [0.3, 0.4) is 0 Å². The summed E-state index contributed by atoms with van der Waals surface area (Å²) in [6.45, 7) is 5.10. The molecule has 0 saturated carbocycles. The van der Waals surface area contributed by atoms with E-state index in [1.54, 1.807) is 24.3 Å². The Morgan fingerprint density at radius 3 is 1.26 bits per heavy atom. The molecule has 0 atom stereocenters. The van der Waals surface area contributed by atoms with E-state index in [0.29, 0.717) is 22.3 Å². The first-order valence-electron chi connectivity index (χ1n) is 11.2. The van der Waals surface area contributed by atoms with E-state index in [2.05, 4.69) is 23.7 Å². The second kappa shape index (κ2) is 12.6. The van der Waals surface area contributed by atoms with Gasteiger partial charge in [0.15, 0.2) is 0 Å². The summed E-state index contributed by atoms with van der Waals surface area (Å²) in [5, 5.41) is 0. The van der Waals surface area contributed by atoms with Gasteiger partial charge >= 0.3 is 23.9 Å². The number of carbonyl (C=O) groups is 4. The highest BCUT2D eigenvalue weighted by Crippen LogP contribution is 2.25. The minimum Gasteiger partial charge on any atom is -0.427 e. The summed E-state index contributed by atoms with van der Waals surface area (Å²) < 4.78 is 20.6. The third-order valence-electron chi connectivity index (χ3n) is 4.48. The Bertz CT molecular complexity index is 1430. The Balaban J connectivity index is 1.95. The zero-order valence-corrected chi connectivity index (χ0v) is 21.0. The topological polar surface area (TPSA) is 105 Å². The van der Waals surface area contributed by atoms with Gasteiger partial charge in [0.2, 0.25) is 0 Å². The van der Waals surface area contributed by atoms with Crippen molar-refractivity contribution in [2.75, 3.05) is 0 Å². The number of hydrogen-bond acceptors (Lipinski definition) is 8. The zero-order chi connectivity index (χ0) is 27.7. The molecule has 0 heterocycles. The number of esters is 4. The molecule has 0 aliphatic carbocycles. The first-order chi connectivity index (χ1) is 18.1. The maximum Gasteiger partial charge on any atom is 0.308 e. The number of rotatable bonds is 4. The van der Waals surface area contributed by atoms with Crippen LogP contribution in [0.5, 0.6) is 23.0 Å². The predicted molar refractivity (Wildman–Crippen MR) is 137 cm³/mol. The first kappa shape index (κ1) is 27.3. The predicted octanol–water partition coefficient (Wildman–Crippen LogP) is 4.19. The van der Waals surface area contributed by atoms with Crippen molar-refractivity contribution in [3.63, 3.8) is 0 Å². The Kier molecular flexibility index (Phi) is 9.01. The van der Waals surface area contributed by atoms with Crippen LogP contribution in [0.4, 0.5) is 0 Å². The van der Waals surface area contributed by atoms with Crippen LogP contribution in [0.25, 0.3) is 0 Å². The van der Waals surface area contributed by atoms with E-state index in [1.807, 2.05) is 0 Å². The fourth-order valence-electron chi connectivity index (χ4n) is 3.11. The van der Waals surface area contributed by atoms with Gasteiger partial charge in [-0.3, -0.25) is 19.2 Å². The van der Waals surface area contributed by atoms with Gasteiger partial charge in [0, 0.05) is 51.0 Å². The van der Waals surface area contributed by atoms with E-state index in [4.69, 9.17) is 18.9 Å². The molecule has 0 spiro atoms. The third-order valence-corrected chi connectivity index (χ3v) is 4.48. The lowest BCUT2D eigenvalue weighted by molar-refractivity contribution is -0.133. The van der Waals surface area contributed by atoms with Crippen LogP contribution in [0.15, 0.2) is 60.7 Å². The van der Waals surface area contributed by atoms with Crippen molar-refractivity contribution in [3.8, 4) is 46.7 Å². The highest BCUT2D eigenvalue weighted by Gasteiger charge is 2.09. The molecule has 0 unspecified atom stereocenters. The number of benzene rings is 3. The van der Waals surface area contributed by atoms with Crippen LogP contribution in [0.1, 0.15) is 49.9 Å². The lowest BCUT2D eigenvalue weighted by Gasteiger charge is -2.07. The highest BCUT2D eigenvalue weighted by atomic mass is 16.5. The molecule has 0 aliphatic heterocycles. The van der Waals surface area contributed by atoms with Gasteiger partial charge in [-0.1, -0.05) is 29.7 Å². The summed E-state index contributed by atoms with van der Waals surface area (Å²) in [6.07, 6.45) is 0. The Labute approximate surface area is 219 Å². The average molecular weight is 510 g/mol. The van der Waals surface area contributed by atoms with Crippen molar-refractivity contribution < 1.29 is 38.1 Å². The molecule has 0 aromatic heterocycles. The molecule has 0 saturated heterocycles. The molecule has 38 heavy (non-hydrogen) atoms. The van der Waals surface area contributed by atoms with E-state index >= 15 is 0 Å². The van der Waals surface area contributed by atoms with Gasteiger partial charge in [-0.2, -0.15) is 0 Å². The summed E-state index contributed by atoms with van der Waals surface area (Å²) in [4.78, 5) is 45.5. The summed E-state index contributed by atoms with van der Waals surface area (Å²) >= 11 is 0. The first-order valence-corrected chi connectivity index (χ1v) is 11.2. The van der Waals surface area contributed by atoms with Crippen LogP contribution < -0.4 is 18.9 Å². The highest BCUT2D eigenvalue weighted by molar-refractivity contribution is 5.73. The van der Waals surface area contributed by atoms with E-state index < -0.39 is 23.9 Å². The fraction of sp³-hybridized carbons (Fsp3) is 0.133. The molecular formula is C30H22O8. The summed E-state index contributed by atoms with van der Waals surface area (Å²) in [5.41, 5.74) is 1.92. The molecule has 3 rings (SSSR count). The molecule has 0 radical (unpaired) electrons. The van der Waals surface area contributed by atoms with Crippen LogP contribution in [0, 0.1) is 23.7 Å². The third kappa shape index (κ3) is 8.40. The second-order valence-electron chi connectivity index (χ2n) is 7.77. The molecular weight excluding hydrogens is 488 g/mol. The van der Waals surface area contributed by atoms with Gasteiger partial charge in [0.25, 0.3) is 0 Å². The van der Waals surface area contributed by atoms with E-state index in [-0.39, 0.29) is 23.0 Å². The summed E-state index contributed by atoms with van der Waals surface area (Å²) in [6, 6.07) is 16.0. The van der Waals surface area contributed by atoms with Gasteiger partial charge < -0.3 is 18.9 Å². The molecule has 190 valence electrons. The van der Waals surface area contributed by atoms with Gasteiger partial charge in [-0.25, -0.2) is 0 Å². The molecule has 0 amide bonds. The molecule has 0 aliphatic rings. The van der Waals surface area contributed by atoms with E-state index in [1.165, 1.54) is 64.1 Å². The monoisotopic (exact) mass is 510 g/mol. The Hall–Kier alpha value is -5.34. The molecule has 0 N–H and O–H groups in total. The average Bonchev–Trinajstić information content (AvgIpc) is 2.83. The second-order valence-corrected chi connectivity index (χ2v) is 7.77. The standard InChI is InChI=1S/C30H22O8/c1-19(31)35-27-12-14-29(37-21(3)33)25(17-27)10-8-23-6-5-7-24(16-23)9-11-26-18-28(36-20(2)32)13-15-30(26)38-22(4)34/h5-7,12-18H,1-4H3. The van der Waals surface area contributed by atoms with Crippen molar-refractivity contribution >= 4 is 23.9 Å². The van der Waals surface area contributed by atoms with Gasteiger partial charge in [-0.05, 0) is 42.5 Å². The van der Waals surface area contributed by atoms with Gasteiger partial charge in [0.1, 0.15) is 23.0 Å². The largest absolute Gasteiger partial charge is 0.427 e. The fourth-order valence-corrected chi connectivity index (χ4v) is 3.11. The van der Waals surface area contributed by atoms with E-state index in [9.17, 15) is 19.2 Å². The molecule has 0 fully saturated rings. The molecule has 8 heteroatoms. The number of ether oxygens (including phenoxy) is 4. The lowest BCUT2D eigenvalue weighted by atomic mass is 10.1. The van der Waals surface area contributed by atoms with Crippen molar-refractivity contribution in [2.45, 2.75) is 27.7 Å². The van der Waals surface area contributed by atoms with Crippen LogP contribution >= 0.6 is 0 Å². The van der Waals surface area contributed by atoms with Crippen molar-refractivity contribution in [2.24, 2.45) is 0 Å². The molecule has 3 aromatic carbocycles. The van der Waals surface area contributed by atoms with Gasteiger partial charge in [0.05, 0.1) is 11.1 Å². The Morgan fingerprint density at radius 1 is 0.500 bits per heavy atom. The summed E-state index contributed by atoms with van der Waals surface area (Å²) in [5.74, 6) is 10.8. The summed E-state index contributed by atoms with van der Waals surface area (Å²) in [7, 11) is 0. The van der Waals surface area contributed by atoms with E-state index in [0.717, 1.165) is 0 Å². The van der Waals surface area contributed by atoms with Crippen molar-refractivity contribution in [3.05, 3.63) is 82.9 Å². The van der Waals surface area contributed by atoms with Crippen LogP contribution in [-0.2, 0) is 19.2 Å². The normalized spacial score (nSPS) is 9.58. The molecule has 0 bridgehead atoms. The SMILES string of the molecule is CC(=O)Oc1ccc(OC(C)=O)c(C#Cc2cccc(C#Cc3cc(OC(C)=O)ccc3OC(C)=O)c2)c1. The van der Waals surface area contributed by atoms with Crippen molar-refractivity contribution in [1.82, 2.24) is 0 Å². The Morgan fingerprint density at radius 2 is 0.895 bits per heavy atom. The van der Waals surface area contributed by atoms with Crippen molar-refractivity contribution in [1.29, 1.82) is 0 Å². The van der Waals surface area contributed by atoms with Crippen LogP contribution in [0.2, 0.25) is 0 Å². The molecule has 8 nitrogen and oxygen atoms in total. The molecule has 3 aromatic rings. The van der Waals surface area contributed by atoms with Gasteiger partial charge in [-0.15, -0.1) is 0 Å². The smallest absolute Gasteiger partial charge is 0.308 e.